The summed E-state index contributed by atoms with van der Waals surface area (Å²) in [6, 6.07) is -0.135. The summed E-state index contributed by atoms with van der Waals surface area (Å²) in [5.41, 5.74) is -0.958. The van der Waals surface area contributed by atoms with Gasteiger partial charge < -0.3 is 16.0 Å². The maximum absolute atomic E-state index is 12.5. The first-order valence-corrected chi connectivity index (χ1v) is 10.8. The van der Waals surface area contributed by atoms with Crippen LogP contribution in [-0.4, -0.2) is 54.6 Å². The van der Waals surface area contributed by atoms with Crippen LogP contribution in [-0.2, 0) is 14.4 Å². The first-order valence-electron chi connectivity index (χ1n) is 10.8. The Kier molecular flexibility index (Phi) is 9.50. The van der Waals surface area contributed by atoms with Crippen LogP contribution in [0.2, 0.25) is 0 Å². The van der Waals surface area contributed by atoms with E-state index in [1.165, 1.54) is 0 Å². The van der Waals surface area contributed by atoms with Crippen molar-refractivity contribution in [3.05, 3.63) is 0 Å². The van der Waals surface area contributed by atoms with Crippen molar-refractivity contribution >= 4 is 17.7 Å². The van der Waals surface area contributed by atoms with Gasteiger partial charge in [-0.3, -0.25) is 19.7 Å². The minimum Gasteiger partial charge on any atom is -0.350 e. The Bertz CT molecular complexity index is 724. The molecule has 0 radical (unpaired) electrons. The summed E-state index contributed by atoms with van der Waals surface area (Å²) in [6.07, 6.45) is -1.84. The molecule has 2 fully saturated rings. The highest BCUT2D eigenvalue weighted by Crippen LogP contribution is 2.46. The Morgan fingerprint density at radius 2 is 1.84 bits per heavy atom. The molecule has 1 heterocycles. The first kappa shape index (κ1) is 27.7. The third kappa shape index (κ3) is 8.65. The smallest absolute Gasteiger partial charge is 0.350 e. The van der Waals surface area contributed by atoms with Gasteiger partial charge in [0.25, 0.3) is 0 Å². The lowest BCUT2D eigenvalue weighted by molar-refractivity contribution is -0.136. The van der Waals surface area contributed by atoms with E-state index in [0.29, 0.717) is 6.42 Å². The number of hydrogen-bond acceptors (Lipinski definition) is 5. The van der Waals surface area contributed by atoms with Crippen molar-refractivity contribution in [2.45, 2.75) is 84.1 Å². The molecule has 182 valence electrons. The Labute approximate surface area is 187 Å². The predicted octanol–water partition coefficient (Wildman–Crippen LogP) is 1.76. The Morgan fingerprint density at radius 3 is 2.28 bits per heavy atom. The zero-order valence-electron chi connectivity index (χ0n) is 19.3. The second-order valence-electron chi connectivity index (χ2n) is 9.17. The molecule has 3 unspecified atom stereocenters. The minimum atomic E-state index is -4.48. The van der Waals surface area contributed by atoms with Gasteiger partial charge in [0, 0.05) is 11.5 Å². The fourth-order valence-corrected chi connectivity index (χ4v) is 3.60. The highest BCUT2D eigenvalue weighted by Gasteiger charge is 2.52. The van der Waals surface area contributed by atoms with Crippen molar-refractivity contribution in [1.82, 2.24) is 21.3 Å². The van der Waals surface area contributed by atoms with E-state index in [-0.39, 0.29) is 23.8 Å². The molecular formula is C21H34F3N5O3. The molecular weight excluding hydrogens is 427 g/mol. The predicted molar refractivity (Wildman–Crippen MR) is 112 cm³/mol. The van der Waals surface area contributed by atoms with E-state index in [1.807, 2.05) is 19.9 Å². The van der Waals surface area contributed by atoms with Crippen LogP contribution >= 0.6 is 0 Å². The number of hydrogen-bond donors (Lipinski definition) is 4. The standard InChI is InChI=1S/C19H28F3N5O3.C2H6/c1-17(2,3)14(25-10-19(20,21)22)16(30)24-9-13(28)26-12(8-23)6-11-7-18(4-5-18)27-15(11)29;1-2/h11-12,14,25H,4-7,9-10H2,1-3H3,(H,24,30)(H,26,28)(H,27,29);1-2H3. The first-order chi connectivity index (χ1) is 14.7. The molecule has 0 aromatic carbocycles. The summed E-state index contributed by atoms with van der Waals surface area (Å²) in [6.45, 7) is 6.98. The van der Waals surface area contributed by atoms with Crippen LogP contribution in [0.3, 0.4) is 0 Å². The van der Waals surface area contributed by atoms with Gasteiger partial charge in [-0.05, 0) is 31.1 Å². The summed E-state index contributed by atoms with van der Waals surface area (Å²) < 4.78 is 37.5. The van der Waals surface area contributed by atoms with E-state index in [1.54, 1.807) is 20.8 Å². The molecule has 3 amide bonds. The molecule has 0 aromatic rings. The van der Waals surface area contributed by atoms with Gasteiger partial charge in [-0.1, -0.05) is 34.6 Å². The summed E-state index contributed by atoms with van der Waals surface area (Å²) in [4.78, 5) is 36.5. The number of nitrogens with one attached hydrogen (secondary N) is 4. The molecule has 1 aliphatic carbocycles. The van der Waals surface area contributed by atoms with Crippen LogP contribution in [0.1, 0.15) is 60.3 Å². The van der Waals surface area contributed by atoms with E-state index in [0.717, 1.165) is 12.8 Å². The molecule has 1 saturated heterocycles. The lowest BCUT2D eigenvalue weighted by atomic mass is 9.86. The number of halogens is 3. The number of amides is 3. The van der Waals surface area contributed by atoms with Crippen LogP contribution in [0, 0.1) is 22.7 Å². The maximum Gasteiger partial charge on any atom is 0.401 e. The Morgan fingerprint density at radius 1 is 1.25 bits per heavy atom. The van der Waals surface area contributed by atoms with Crippen LogP contribution in [0.4, 0.5) is 13.2 Å². The number of alkyl halides is 3. The highest BCUT2D eigenvalue weighted by molar-refractivity contribution is 5.88. The molecule has 3 atom stereocenters. The summed E-state index contributed by atoms with van der Waals surface area (Å²) in [5.74, 6) is -1.89. The second kappa shape index (κ2) is 11.0. The van der Waals surface area contributed by atoms with Crippen molar-refractivity contribution in [2.24, 2.45) is 11.3 Å². The van der Waals surface area contributed by atoms with Crippen molar-refractivity contribution in [3.8, 4) is 6.07 Å². The fourth-order valence-electron chi connectivity index (χ4n) is 3.60. The minimum absolute atomic E-state index is 0.126. The lowest BCUT2D eigenvalue weighted by Gasteiger charge is -2.30. The largest absolute Gasteiger partial charge is 0.401 e. The average molecular weight is 462 g/mol. The maximum atomic E-state index is 12.5. The van der Waals surface area contributed by atoms with Crippen molar-refractivity contribution in [1.29, 1.82) is 5.26 Å². The lowest BCUT2D eigenvalue weighted by Crippen LogP contribution is -2.55. The van der Waals surface area contributed by atoms with E-state index in [4.69, 9.17) is 0 Å². The molecule has 32 heavy (non-hydrogen) atoms. The highest BCUT2D eigenvalue weighted by atomic mass is 19.4. The van der Waals surface area contributed by atoms with Gasteiger partial charge >= 0.3 is 6.18 Å². The van der Waals surface area contributed by atoms with Crippen molar-refractivity contribution in [2.75, 3.05) is 13.1 Å². The number of rotatable bonds is 8. The van der Waals surface area contributed by atoms with Gasteiger partial charge in [-0.2, -0.15) is 18.4 Å². The Hall–Kier alpha value is -2.35. The zero-order valence-corrected chi connectivity index (χ0v) is 19.3. The molecule has 2 rings (SSSR count). The zero-order chi connectivity index (χ0) is 24.7. The van der Waals surface area contributed by atoms with E-state index in [9.17, 15) is 32.8 Å². The molecule has 4 N–H and O–H groups in total. The summed E-state index contributed by atoms with van der Waals surface area (Å²) in [5, 5.41) is 19.1. The topological polar surface area (TPSA) is 123 Å². The van der Waals surface area contributed by atoms with Gasteiger partial charge in [0.15, 0.2) is 0 Å². The number of carbonyl (C=O) groups excluding carboxylic acids is 3. The Balaban J connectivity index is 0.00000249. The molecule has 11 heteroatoms. The number of nitrogens with zero attached hydrogens (tertiary/aromatic N) is 1. The summed E-state index contributed by atoms with van der Waals surface area (Å²) >= 11 is 0. The fraction of sp³-hybridized carbons (Fsp3) is 0.810. The van der Waals surface area contributed by atoms with Crippen LogP contribution < -0.4 is 21.3 Å². The number of nitriles is 1. The molecule has 1 spiro atoms. The van der Waals surface area contributed by atoms with Crippen LogP contribution in [0.15, 0.2) is 0 Å². The average Bonchev–Trinajstić information content (AvgIpc) is 3.35. The van der Waals surface area contributed by atoms with Crippen LogP contribution in [0.5, 0.6) is 0 Å². The molecule has 0 aromatic heterocycles. The monoisotopic (exact) mass is 461 g/mol. The molecule has 0 bridgehead atoms. The van der Waals surface area contributed by atoms with E-state index < -0.39 is 48.6 Å². The van der Waals surface area contributed by atoms with Crippen molar-refractivity contribution in [3.63, 3.8) is 0 Å². The van der Waals surface area contributed by atoms with Gasteiger partial charge in [0.1, 0.15) is 6.04 Å². The van der Waals surface area contributed by atoms with E-state index >= 15 is 0 Å². The third-order valence-corrected chi connectivity index (χ3v) is 5.32. The summed E-state index contributed by atoms with van der Waals surface area (Å²) in [7, 11) is 0. The van der Waals surface area contributed by atoms with E-state index in [2.05, 4.69) is 21.3 Å². The molecule has 8 nitrogen and oxygen atoms in total. The third-order valence-electron chi connectivity index (χ3n) is 5.32. The molecule has 1 aliphatic heterocycles. The normalized spacial score (nSPS) is 20.8. The number of carbonyl (C=O) groups is 3. The van der Waals surface area contributed by atoms with Gasteiger partial charge in [0.05, 0.1) is 25.2 Å². The van der Waals surface area contributed by atoms with Crippen LogP contribution in [0.25, 0.3) is 0 Å². The molecule has 2 aliphatic rings. The SMILES string of the molecule is CC.CC(C)(C)C(NCC(F)(F)F)C(=O)NCC(=O)NC(C#N)CC1CC2(CC2)NC1=O. The quantitative estimate of drug-likeness (QED) is 0.439. The van der Waals surface area contributed by atoms with Crippen molar-refractivity contribution < 1.29 is 27.6 Å². The second-order valence-corrected chi connectivity index (χ2v) is 9.17. The van der Waals surface area contributed by atoms with Gasteiger partial charge in [-0.25, -0.2) is 0 Å². The van der Waals surface area contributed by atoms with Gasteiger partial charge in [-0.15, -0.1) is 0 Å². The molecule has 1 saturated carbocycles. The van der Waals surface area contributed by atoms with Gasteiger partial charge in [0.2, 0.25) is 17.7 Å².